The molecule has 1 rings (SSSR count). The lowest BCUT2D eigenvalue weighted by molar-refractivity contribution is -0.135. The third-order valence-corrected chi connectivity index (χ3v) is 3.93. The average molecular weight is 279 g/mol. The van der Waals surface area contributed by atoms with E-state index in [9.17, 15) is 4.79 Å². The van der Waals surface area contributed by atoms with E-state index in [1.54, 1.807) is 7.11 Å². The molecule has 1 aliphatic rings. The monoisotopic (exact) mass is 278 g/mol. The van der Waals surface area contributed by atoms with Crippen LogP contribution < -0.4 is 5.73 Å². The van der Waals surface area contributed by atoms with Gasteiger partial charge >= 0.3 is 0 Å². The molecule has 1 saturated carbocycles. The Balaban J connectivity index is 0.00000289. The van der Waals surface area contributed by atoms with Gasteiger partial charge in [-0.15, -0.1) is 12.4 Å². The number of ether oxygens (including phenoxy) is 1. The first kappa shape index (κ1) is 17.7. The molecule has 1 unspecified atom stereocenters. The molecule has 0 saturated heterocycles. The van der Waals surface area contributed by atoms with Gasteiger partial charge in [0.25, 0.3) is 0 Å². The largest absolute Gasteiger partial charge is 0.380 e. The maximum Gasteiger partial charge on any atom is 0.225 e. The quantitative estimate of drug-likeness (QED) is 0.834. The Hall–Kier alpha value is -0.320. The molecule has 0 aromatic rings. The lowest BCUT2D eigenvalue weighted by atomic mass is 9.86. The number of nitrogens with zero attached hydrogens (tertiary/aromatic N) is 1. The minimum atomic E-state index is -0.146. The fourth-order valence-electron chi connectivity index (χ4n) is 2.44. The molecule has 1 fully saturated rings. The van der Waals surface area contributed by atoms with Gasteiger partial charge in [0.2, 0.25) is 5.91 Å². The Bertz CT molecular complexity index is 239. The topological polar surface area (TPSA) is 55.6 Å². The van der Waals surface area contributed by atoms with Gasteiger partial charge in [-0.05, 0) is 31.6 Å². The van der Waals surface area contributed by atoms with E-state index in [1.807, 2.05) is 11.9 Å². The molecule has 2 N–H and O–H groups in total. The van der Waals surface area contributed by atoms with Crippen molar-refractivity contribution in [2.45, 2.75) is 51.2 Å². The second kappa shape index (κ2) is 8.73. The smallest absolute Gasteiger partial charge is 0.225 e. The fraction of sp³-hybridized carbons (Fsp3) is 0.923. The molecule has 5 heteroatoms. The molecule has 0 aromatic heterocycles. The molecule has 0 radical (unpaired) electrons. The molecule has 1 amide bonds. The zero-order valence-corrected chi connectivity index (χ0v) is 12.5. The first-order chi connectivity index (χ1) is 8.08. The Morgan fingerprint density at radius 1 is 1.39 bits per heavy atom. The van der Waals surface area contributed by atoms with Crippen LogP contribution in [-0.2, 0) is 9.53 Å². The van der Waals surface area contributed by atoms with Gasteiger partial charge in [-0.1, -0.05) is 6.92 Å². The zero-order chi connectivity index (χ0) is 12.8. The van der Waals surface area contributed by atoms with Gasteiger partial charge in [-0.25, -0.2) is 0 Å². The van der Waals surface area contributed by atoms with Crippen molar-refractivity contribution in [1.29, 1.82) is 0 Å². The van der Waals surface area contributed by atoms with Crippen LogP contribution >= 0.6 is 12.4 Å². The molecule has 1 aliphatic carbocycles. The molecule has 18 heavy (non-hydrogen) atoms. The average Bonchev–Trinajstić information content (AvgIpc) is 2.35. The molecule has 0 aliphatic heterocycles. The van der Waals surface area contributed by atoms with E-state index in [2.05, 4.69) is 6.92 Å². The third kappa shape index (κ3) is 5.12. The maximum atomic E-state index is 12.0. The Morgan fingerprint density at radius 3 is 2.39 bits per heavy atom. The Kier molecular flexibility index (Phi) is 8.57. The molecular formula is C13H27ClN2O2. The van der Waals surface area contributed by atoms with Crippen LogP contribution in [0.5, 0.6) is 0 Å². The van der Waals surface area contributed by atoms with Crippen molar-refractivity contribution in [3.8, 4) is 0 Å². The van der Waals surface area contributed by atoms with Crippen molar-refractivity contribution < 1.29 is 9.53 Å². The minimum Gasteiger partial charge on any atom is -0.380 e. The predicted molar refractivity (Wildman–Crippen MR) is 75.9 cm³/mol. The highest BCUT2D eigenvalue weighted by Gasteiger charge is 2.25. The zero-order valence-electron chi connectivity index (χ0n) is 11.7. The highest BCUT2D eigenvalue weighted by atomic mass is 35.5. The number of methoxy groups -OCH3 is 1. The van der Waals surface area contributed by atoms with Crippen LogP contribution in [-0.4, -0.2) is 43.7 Å². The standard InChI is InChI=1S/C13H26N2O2.ClH/c1-10-4-6-11(7-5-10)15(2)13(16)8-12(9-14)17-3;/h10-12H,4-9,14H2,1-3H3;1H. The number of hydrogen-bond donors (Lipinski definition) is 1. The van der Waals surface area contributed by atoms with Crippen molar-refractivity contribution in [2.24, 2.45) is 11.7 Å². The van der Waals surface area contributed by atoms with E-state index in [4.69, 9.17) is 10.5 Å². The number of hydrogen-bond acceptors (Lipinski definition) is 3. The van der Waals surface area contributed by atoms with Crippen molar-refractivity contribution >= 4 is 18.3 Å². The highest BCUT2D eigenvalue weighted by Crippen LogP contribution is 2.26. The van der Waals surface area contributed by atoms with Crippen molar-refractivity contribution in [1.82, 2.24) is 4.90 Å². The van der Waals surface area contributed by atoms with Crippen molar-refractivity contribution in [2.75, 3.05) is 20.7 Å². The van der Waals surface area contributed by atoms with Crippen molar-refractivity contribution in [3.63, 3.8) is 0 Å². The number of halogens is 1. The number of carbonyl (C=O) groups excluding carboxylic acids is 1. The molecule has 0 spiro atoms. The summed E-state index contributed by atoms with van der Waals surface area (Å²) in [5.41, 5.74) is 5.53. The van der Waals surface area contributed by atoms with Gasteiger partial charge in [0.15, 0.2) is 0 Å². The molecule has 0 aromatic carbocycles. The van der Waals surface area contributed by atoms with Crippen LogP contribution in [0.15, 0.2) is 0 Å². The maximum absolute atomic E-state index is 12.0. The molecule has 0 bridgehead atoms. The van der Waals surface area contributed by atoms with E-state index in [1.165, 1.54) is 12.8 Å². The number of amides is 1. The van der Waals surface area contributed by atoms with Gasteiger partial charge in [0.05, 0.1) is 12.5 Å². The minimum absolute atomic E-state index is 0. The van der Waals surface area contributed by atoms with Crippen LogP contribution in [0.25, 0.3) is 0 Å². The fourth-order valence-corrected chi connectivity index (χ4v) is 2.44. The van der Waals surface area contributed by atoms with Crippen LogP contribution in [0.2, 0.25) is 0 Å². The van der Waals surface area contributed by atoms with Gasteiger partial charge in [0.1, 0.15) is 0 Å². The summed E-state index contributed by atoms with van der Waals surface area (Å²) < 4.78 is 5.15. The molecule has 0 heterocycles. The summed E-state index contributed by atoms with van der Waals surface area (Å²) in [5, 5.41) is 0. The van der Waals surface area contributed by atoms with Gasteiger partial charge < -0.3 is 15.4 Å². The van der Waals surface area contributed by atoms with E-state index in [0.29, 0.717) is 19.0 Å². The van der Waals surface area contributed by atoms with E-state index >= 15 is 0 Å². The normalized spacial score (nSPS) is 25.1. The van der Waals surface area contributed by atoms with Crippen LogP contribution in [0.3, 0.4) is 0 Å². The van der Waals surface area contributed by atoms with Gasteiger partial charge in [-0.3, -0.25) is 4.79 Å². The lowest BCUT2D eigenvalue weighted by Crippen LogP contribution is -2.41. The first-order valence-corrected chi connectivity index (χ1v) is 6.57. The van der Waals surface area contributed by atoms with Crippen molar-refractivity contribution in [3.05, 3.63) is 0 Å². The van der Waals surface area contributed by atoms with Crippen LogP contribution in [0, 0.1) is 5.92 Å². The van der Waals surface area contributed by atoms with Gasteiger partial charge in [0, 0.05) is 26.7 Å². The van der Waals surface area contributed by atoms with E-state index < -0.39 is 0 Å². The number of nitrogens with two attached hydrogens (primary N) is 1. The lowest BCUT2D eigenvalue weighted by Gasteiger charge is -2.34. The van der Waals surface area contributed by atoms with E-state index in [0.717, 1.165) is 18.8 Å². The van der Waals surface area contributed by atoms with E-state index in [-0.39, 0.29) is 24.4 Å². The van der Waals surface area contributed by atoms with Crippen LogP contribution in [0.4, 0.5) is 0 Å². The van der Waals surface area contributed by atoms with Gasteiger partial charge in [-0.2, -0.15) is 0 Å². The second-order valence-corrected chi connectivity index (χ2v) is 5.22. The summed E-state index contributed by atoms with van der Waals surface area (Å²) in [6.07, 6.45) is 4.97. The molecule has 1 atom stereocenters. The summed E-state index contributed by atoms with van der Waals surface area (Å²) >= 11 is 0. The summed E-state index contributed by atoms with van der Waals surface area (Å²) in [6, 6.07) is 0.411. The molecule has 108 valence electrons. The van der Waals surface area contributed by atoms with Crippen LogP contribution in [0.1, 0.15) is 39.0 Å². The summed E-state index contributed by atoms with van der Waals surface area (Å²) in [4.78, 5) is 13.9. The second-order valence-electron chi connectivity index (χ2n) is 5.22. The summed E-state index contributed by atoms with van der Waals surface area (Å²) in [5.74, 6) is 0.965. The summed E-state index contributed by atoms with van der Waals surface area (Å²) in [6.45, 7) is 2.69. The SMILES string of the molecule is COC(CN)CC(=O)N(C)C1CCC(C)CC1.Cl. The molecule has 4 nitrogen and oxygen atoms in total. The number of rotatable bonds is 5. The number of carbonyl (C=O) groups is 1. The third-order valence-electron chi connectivity index (χ3n) is 3.93. The molecular weight excluding hydrogens is 252 g/mol. The first-order valence-electron chi connectivity index (χ1n) is 6.57. The summed E-state index contributed by atoms with van der Waals surface area (Å²) in [7, 11) is 3.51. The predicted octanol–water partition coefficient (Wildman–Crippen LogP) is 1.81. The Morgan fingerprint density at radius 2 is 1.94 bits per heavy atom. The highest BCUT2D eigenvalue weighted by molar-refractivity contribution is 5.85. The Labute approximate surface area is 117 Å².